The third-order valence-electron chi connectivity index (χ3n) is 3.95. The Bertz CT molecular complexity index is 441. The van der Waals surface area contributed by atoms with Crippen molar-refractivity contribution in [2.45, 2.75) is 39.6 Å². The Hall–Kier alpha value is -1.32. The maximum absolute atomic E-state index is 10.1. The van der Waals surface area contributed by atoms with Crippen LogP contribution < -0.4 is 0 Å². The van der Waals surface area contributed by atoms with Gasteiger partial charge < -0.3 is 14.6 Å². The highest BCUT2D eigenvalue weighted by atomic mass is 16.5. The molecule has 1 heterocycles. The van der Waals surface area contributed by atoms with Gasteiger partial charge in [0.05, 0.1) is 25.6 Å². The van der Waals surface area contributed by atoms with Gasteiger partial charge in [-0.05, 0) is 18.1 Å². The molecule has 4 unspecified atom stereocenters. The van der Waals surface area contributed by atoms with E-state index in [1.807, 2.05) is 32.0 Å². The topological polar surface area (TPSA) is 38.7 Å². The van der Waals surface area contributed by atoms with Gasteiger partial charge in [-0.2, -0.15) is 0 Å². The summed E-state index contributed by atoms with van der Waals surface area (Å²) in [6, 6.07) is 10.1. The first-order valence-corrected chi connectivity index (χ1v) is 7.21. The van der Waals surface area contributed by atoms with Gasteiger partial charge in [-0.3, -0.25) is 0 Å². The number of aliphatic hydroxyl groups excluding tert-OH is 1. The zero-order valence-electron chi connectivity index (χ0n) is 12.5. The van der Waals surface area contributed by atoms with Crippen LogP contribution in [0.3, 0.4) is 0 Å². The molecule has 0 amide bonds. The minimum atomic E-state index is -0.412. The second-order valence-corrected chi connectivity index (χ2v) is 5.74. The summed E-state index contributed by atoms with van der Waals surface area (Å²) in [5.41, 5.74) is 2.07. The summed E-state index contributed by atoms with van der Waals surface area (Å²) < 4.78 is 11.5. The monoisotopic (exact) mass is 276 g/mol. The first kappa shape index (κ1) is 15.1. The average Bonchev–Trinajstić information content (AvgIpc) is 2.46. The molecule has 0 saturated heterocycles. The van der Waals surface area contributed by atoms with E-state index in [-0.39, 0.29) is 17.9 Å². The second-order valence-electron chi connectivity index (χ2n) is 5.74. The van der Waals surface area contributed by atoms with Crippen molar-refractivity contribution in [3.8, 4) is 0 Å². The van der Waals surface area contributed by atoms with Crippen LogP contribution >= 0.6 is 0 Å². The maximum Gasteiger partial charge on any atom is 0.108 e. The fourth-order valence-corrected chi connectivity index (χ4v) is 2.66. The van der Waals surface area contributed by atoms with Crippen molar-refractivity contribution in [1.82, 2.24) is 0 Å². The van der Waals surface area contributed by atoms with Gasteiger partial charge in [0.1, 0.15) is 6.10 Å². The molecule has 3 nitrogen and oxygen atoms in total. The number of rotatable bonds is 5. The number of benzene rings is 1. The van der Waals surface area contributed by atoms with Gasteiger partial charge in [0.2, 0.25) is 0 Å². The molecule has 0 aliphatic carbocycles. The highest BCUT2D eigenvalue weighted by molar-refractivity contribution is 5.13. The largest absolute Gasteiger partial charge is 0.497 e. The van der Waals surface area contributed by atoms with Crippen LogP contribution in [-0.4, -0.2) is 23.9 Å². The van der Waals surface area contributed by atoms with Crippen LogP contribution in [0.1, 0.15) is 26.3 Å². The summed E-state index contributed by atoms with van der Waals surface area (Å²) in [4.78, 5) is 0. The molecule has 0 aromatic heterocycles. The Labute approximate surface area is 121 Å². The molecule has 110 valence electrons. The number of ether oxygens (including phenoxy) is 2. The van der Waals surface area contributed by atoms with E-state index in [9.17, 15) is 5.11 Å². The van der Waals surface area contributed by atoms with Crippen LogP contribution in [0.25, 0.3) is 0 Å². The molecule has 0 bridgehead atoms. The van der Waals surface area contributed by atoms with Crippen molar-refractivity contribution in [2.75, 3.05) is 6.61 Å². The quantitative estimate of drug-likeness (QED) is 0.898. The van der Waals surface area contributed by atoms with Crippen LogP contribution in [0.2, 0.25) is 0 Å². The lowest BCUT2D eigenvalue weighted by Gasteiger charge is -2.35. The highest BCUT2D eigenvalue weighted by Gasteiger charge is 2.33. The Morgan fingerprint density at radius 3 is 2.70 bits per heavy atom. The van der Waals surface area contributed by atoms with Crippen LogP contribution in [0.4, 0.5) is 0 Å². The molecule has 1 aromatic carbocycles. The van der Waals surface area contributed by atoms with E-state index >= 15 is 0 Å². The van der Waals surface area contributed by atoms with Gasteiger partial charge >= 0.3 is 0 Å². The van der Waals surface area contributed by atoms with Crippen LogP contribution in [0, 0.1) is 11.8 Å². The van der Waals surface area contributed by atoms with Crippen molar-refractivity contribution < 1.29 is 14.6 Å². The summed E-state index contributed by atoms with van der Waals surface area (Å²) in [6.07, 6.45) is 1.28. The number of aliphatic hydroxyl groups is 1. The lowest BCUT2D eigenvalue weighted by atomic mass is 9.85. The van der Waals surface area contributed by atoms with E-state index in [1.54, 1.807) is 6.26 Å². The van der Waals surface area contributed by atoms with E-state index in [2.05, 4.69) is 19.1 Å². The van der Waals surface area contributed by atoms with Gasteiger partial charge in [-0.1, -0.05) is 44.2 Å². The molecule has 4 atom stereocenters. The van der Waals surface area contributed by atoms with Gasteiger partial charge in [0.25, 0.3) is 0 Å². The van der Waals surface area contributed by atoms with E-state index in [4.69, 9.17) is 9.47 Å². The summed E-state index contributed by atoms with van der Waals surface area (Å²) in [5, 5.41) is 10.1. The number of hydrogen-bond donors (Lipinski definition) is 1. The molecular formula is C17H24O3. The van der Waals surface area contributed by atoms with Gasteiger partial charge in [0.15, 0.2) is 0 Å². The molecule has 1 aliphatic rings. The third kappa shape index (κ3) is 3.62. The highest BCUT2D eigenvalue weighted by Crippen LogP contribution is 2.28. The van der Waals surface area contributed by atoms with Crippen LogP contribution in [0.5, 0.6) is 0 Å². The molecule has 20 heavy (non-hydrogen) atoms. The Balaban J connectivity index is 1.82. The number of hydrogen-bond acceptors (Lipinski definition) is 3. The minimum Gasteiger partial charge on any atom is -0.497 e. The molecule has 0 spiro atoms. The molecule has 0 radical (unpaired) electrons. The lowest BCUT2D eigenvalue weighted by Crippen LogP contribution is -2.40. The SMILES string of the molecule is CC1=COC(C(C)COCc2ccccc2)C(C)C1O. The zero-order valence-corrected chi connectivity index (χ0v) is 12.5. The first-order valence-electron chi connectivity index (χ1n) is 7.21. The predicted octanol–water partition coefficient (Wildman–Crippen LogP) is 3.14. The van der Waals surface area contributed by atoms with Crippen LogP contribution in [0.15, 0.2) is 42.2 Å². The molecule has 1 N–H and O–H groups in total. The standard InChI is InChI=1S/C17H24O3/c1-12-10-20-17(14(3)16(12)18)13(2)9-19-11-15-7-5-4-6-8-15/h4-8,10,13-14,16-18H,9,11H2,1-3H3. The van der Waals surface area contributed by atoms with Gasteiger partial charge in [0, 0.05) is 11.8 Å². The van der Waals surface area contributed by atoms with E-state index in [0.29, 0.717) is 13.2 Å². The van der Waals surface area contributed by atoms with Crippen molar-refractivity contribution in [1.29, 1.82) is 0 Å². The van der Waals surface area contributed by atoms with E-state index in [0.717, 1.165) is 5.57 Å². The molecule has 0 saturated carbocycles. The first-order chi connectivity index (χ1) is 9.59. The van der Waals surface area contributed by atoms with E-state index in [1.165, 1.54) is 5.56 Å². The molecular weight excluding hydrogens is 252 g/mol. The molecule has 1 aliphatic heterocycles. The van der Waals surface area contributed by atoms with Gasteiger partial charge in [-0.15, -0.1) is 0 Å². The third-order valence-corrected chi connectivity index (χ3v) is 3.95. The molecule has 1 aromatic rings. The predicted molar refractivity (Wildman–Crippen MR) is 79.1 cm³/mol. The fraction of sp³-hybridized carbons (Fsp3) is 0.529. The minimum absolute atomic E-state index is 0.00414. The molecule has 0 fully saturated rings. The maximum atomic E-state index is 10.1. The molecule has 2 rings (SSSR count). The second kappa shape index (κ2) is 6.91. The smallest absolute Gasteiger partial charge is 0.108 e. The normalized spacial score (nSPS) is 27.6. The van der Waals surface area contributed by atoms with Crippen molar-refractivity contribution in [3.63, 3.8) is 0 Å². The van der Waals surface area contributed by atoms with E-state index < -0.39 is 6.10 Å². The fourth-order valence-electron chi connectivity index (χ4n) is 2.66. The summed E-state index contributed by atoms with van der Waals surface area (Å²) in [7, 11) is 0. The van der Waals surface area contributed by atoms with Crippen LogP contribution in [-0.2, 0) is 16.1 Å². The Morgan fingerprint density at radius 2 is 2.00 bits per heavy atom. The summed E-state index contributed by atoms with van der Waals surface area (Å²) >= 11 is 0. The zero-order chi connectivity index (χ0) is 14.5. The summed E-state index contributed by atoms with van der Waals surface area (Å²) in [6.45, 7) is 7.27. The van der Waals surface area contributed by atoms with Crippen molar-refractivity contribution in [3.05, 3.63) is 47.7 Å². The molecule has 3 heteroatoms. The van der Waals surface area contributed by atoms with Crippen molar-refractivity contribution in [2.24, 2.45) is 11.8 Å². The van der Waals surface area contributed by atoms with Gasteiger partial charge in [-0.25, -0.2) is 0 Å². The average molecular weight is 276 g/mol. The van der Waals surface area contributed by atoms with Crippen molar-refractivity contribution >= 4 is 0 Å². The Kier molecular flexibility index (Phi) is 5.21. The Morgan fingerprint density at radius 1 is 1.30 bits per heavy atom. The lowest BCUT2D eigenvalue weighted by molar-refractivity contribution is -0.0495. The summed E-state index contributed by atoms with van der Waals surface area (Å²) in [5.74, 6) is 0.336.